The number of aryl methyl sites for hydroxylation is 2. The topological polar surface area (TPSA) is 115 Å². The summed E-state index contributed by atoms with van der Waals surface area (Å²) in [6.45, 7) is 3.36. The summed E-state index contributed by atoms with van der Waals surface area (Å²) in [5.41, 5.74) is 0.976. The van der Waals surface area contributed by atoms with Crippen molar-refractivity contribution in [2.45, 2.75) is 20.0 Å². The van der Waals surface area contributed by atoms with Gasteiger partial charge >= 0.3 is 12.1 Å². The molecule has 180 valence electrons. The molecular formula is C23H19F3N6O3. The molecule has 0 aliphatic heterocycles. The number of hydrogen-bond acceptors (Lipinski definition) is 7. The average molecular weight is 484 g/mol. The van der Waals surface area contributed by atoms with Gasteiger partial charge in [-0.2, -0.15) is 23.3 Å². The van der Waals surface area contributed by atoms with Gasteiger partial charge in [-0.1, -0.05) is 12.1 Å². The Labute approximate surface area is 197 Å². The summed E-state index contributed by atoms with van der Waals surface area (Å²) in [5.74, 6) is -1.29. The highest BCUT2D eigenvalue weighted by Gasteiger charge is 2.35. The molecule has 0 spiro atoms. The smallest absolute Gasteiger partial charge is 0.435 e. The summed E-state index contributed by atoms with van der Waals surface area (Å²) < 4.78 is 46.0. The Bertz CT molecular complexity index is 1420. The molecule has 1 aromatic carbocycles. The first-order valence-corrected chi connectivity index (χ1v) is 10.2. The highest BCUT2D eigenvalue weighted by molar-refractivity contribution is 5.92. The molecule has 3 aromatic heterocycles. The first-order valence-electron chi connectivity index (χ1n) is 10.2. The third-order valence-electron chi connectivity index (χ3n) is 5.01. The van der Waals surface area contributed by atoms with Crippen molar-refractivity contribution in [3.63, 3.8) is 0 Å². The lowest BCUT2D eigenvalue weighted by Crippen LogP contribution is -2.11. The van der Waals surface area contributed by atoms with Gasteiger partial charge in [-0.05, 0) is 43.7 Å². The number of rotatable bonds is 6. The normalized spacial score (nSPS) is 11.4. The van der Waals surface area contributed by atoms with E-state index >= 15 is 0 Å². The maximum absolute atomic E-state index is 13.3. The van der Waals surface area contributed by atoms with Gasteiger partial charge in [-0.3, -0.25) is 0 Å². The van der Waals surface area contributed by atoms with Crippen molar-refractivity contribution < 1.29 is 27.8 Å². The molecule has 9 nitrogen and oxygen atoms in total. The predicted molar refractivity (Wildman–Crippen MR) is 120 cm³/mol. The van der Waals surface area contributed by atoms with Gasteiger partial charge in [-0.25, -0.2) is 19.4 Å². The van der Waals surface area contributed by atoms with Gasteiger partial charge < -0.3 is 15.2 Å². The number of halogens is 3. The fourth-order valence-corrected chi connectivity index (χ4v) is 3.39. The third-order valence-corrected chi connectivity index (χ3v) is 5.01. The molecule has 0 radical (unpaired) electrons. The molecule has 0 fully saturated rings. The fraction of sp³-hybridized carbons (Fsp3) is 0.174. The number of methoxy groups -OCH3 is 1. The van der Waals surface area contributed by atoms with E-state index < -0.39 is 17.8 Å². The maximum atomic E-state index is 13.3. The molecule has 4 aromatic rings. The van der Waals surface area contributed by atoms with Gasteiger partial charge in [0, 0.05) is 34.9 Å². The molecule has 0 atom stereocenters. The number of carboxylic acids is 1. The summed E-state index contributed by atoms with van der Waals surface area (Å²) in [5, 5.41) is 16.2. The lowest BCUT2D eigenvalue weighted by molar-refractivity contribution is -0.141. The van der Waals surface area contributed by atoms with Crippen LogP contribution in [0.25, 0.3) is 16.9 Å². The van der Waals surface area contributed by atoms with E-state index in [1.807, 2.05) is 25.1 Å². The Balaban J connectivity index is 1.89. The molecule has 0 saturated carbocycles. The molecule has 3 heterocycles. The fourth-order valence-electron chi connectivity index (χ4n) is 3.39. The summed E-state index contributed by atoms with van der Waals surface area (Å²) in [7, 11) is 1.28. The van der Waals surface area contributed by atoms with E-state index in [1.54, 1.807) is 6.07 Å². The molecule has 0 bridgehead atoms. The van der Waals surface area contributed by atoms with Crippen molar-refractivity contribution in [3.8, 4) is 22.8 Å². The Morgan fingerprint density at radius 2 is 1.89 bits per heavy atom. The van der Waals surface area contributed by atoms with Crippen molar-refractivity contribution in [1.82, 2.24) is 24.7 Å². The van der Waals surface area contributed by atoms with Crippen LogP contribution in [0.4, 0.5) is 24.8 Å². The zero-order chi connectivity index (χ0) is 25.3. The molecule has 0 aliphatic carbocycles. The van der Waals surface area contributed by atoms with Crippen LogP contribution in [-0.4, -0.2) is 42.9 Å². The monoisotopic (exact) mass is 484 g/mol. The van der Waals surface area contributed by atoms with Crippen molar-refractivity contribution in [2.24, 2.45) is 0 Å². The number of alkyl halides is 3. The van der Waals surface area contributed by atoms with Crippen LogP contribution in [0.5, 0.6) is 5.88 Å². The number of anilines is 2. The summed E-state index contributed by atoms with van der Waals surface area (Å²) in [6.07, 6.45) is -1.97. The number of ether oxygens (including phenoxy) is 1. The van der Waals surface area contributed by atoms with E-state index in [1.165, 1.54) is 32.5 Å². The summed E-state index contributed by atoms with van der Waals surface area (Å²) in [4.78, 5) is 24.4. The largest absolute Gasteiger partial charge is 0.480 e. The summed E-state index contributed by atoms with van der Waals surface area (Å²) >= 11 is 0. The molecule has 35 heavy (non-hydrogen) atoms. The van der Waals surface area contributed by atoms with E-state index in [2.05, 4.69) is 25.4 Å². The Hall–Kier alpha value is -4.48. The van der Waals surface area contributed by atoms with Crippen LogP contribution in [0.15, 0.2) is 48.8 Å². The number of hydrogen-bond donors (Lipinski definition) is 2. The van der Waals surface area contributed by atoms with Gasteiger partial charge in [0.25, 0.3) is 0 Å². The van der Waals surface area contributed by atoms with E-state index in [-0.39, 0.29) is 40.0 Å². The van der Waals surface area contributed by atoms with E-state index in [9.17, 15) is 23.1 Å². The molecule has 12 heteroatoms. The number of aromatic nitrogens is 5. The van der Waals surface area contributed by atoms with Gasteiger partial charge in [0.2, 0.25) is 11.8 Å². The molecule has 2 N–H and O–H groups in total. The zero-order valence-corrected chi connectivity index (χ0v) is 18.8. The zero-order valence-electron chi connectivity index (χ0n) is 18.8. The number of aromatic carboxylic acids is 1. The minimum atomic E-state index is -4.66. The number of benzene rings is 1. The number of pyridine rings is 1. The third kappa shape index (κ3) is 4.90. The van der Waals surface area contributed by atoms with Crippen LogP contribution in [0.2, 0.25) is 0 Å². The first-order chi connectivity index (χ1) is 16.6. The maximum Gasteiger partial charge on any atom is 0.435 e. The molecule has 0 saturated heterocycles. The second kappa shape index (κ2) is 9.05. The van der Waals surface area contributed by atoms with Crippen LogP contribution < -0.4 is 10.1 Å². The number of nitrogens with one attached hydrogen (secondary N) is 1. The second-order valence-electron chi connectivity index (χ2n) is 7.59. The lowest BCUT2D eigenvalue weighted by atomic mass is 10.1. The number of carboxylic acid groups (broad SMARTS) is 1. The summed E-state index contributed by atoms with van der Waals surface area (Å²) in [6, 6.07) is 9.56. The Morgan fingerprint density at radius 1 is 1.11 bits per heavy atom. The van der Waals surface area contributed by atoms with Crippen molar-refractivity contribution >= 4 is 17.6 Å². The quantitative estimate of drug-likeness (QED) is 0.401. The van der Waals surface area contributed by atoms with Crippen LogP contribution in [0.1, 0.15) is 27.3 Å². The average Bonchev–Trinajstić information content (AvgIpc) is 3.20. The van der Waals surface area contributed by atoms with Gasteiger partial charge in [0.05, 0.1) is 7.11 Å². The molecule has 0 amide bonds. The Morgan fingerprint density at radius 3 is 2.51 bits per heavy atom. The predicted octanol–water partition coefficient (Wildman–Crippen LogP) is 4.81. The first kappa shape index (κ1) is 23.7. The minimum Gasteiger partial charge on any atom is -0.480 e. The standard InChI is InChI=1S/C23H19F3N6O3/c1-12-5-4-6-15(7-12)29-22-28-11-17(14-9-16(21(33)34)20(35-3)27-10-14)19(30-22)32-13(2)8-18(31-32)23(24,25)26/h4-11H,1-3H3,(H,33,34)(H,28,29,30). The Kier molecular flexibility index (Phi) is 6.12. The number of nitrogens with zero attached hydrogens (tertiary/aromatic N) is 5. The van der Waals surface area contributed by atoms with Gasteiger partial charge in [0.1, 0.15) is 5.56 Å². The van der Waals surface area contributed by atoms with Crippen molar-refractivity contribution in [1.29, 1.82) is 0 Å². The number of carbonyl (C=O) groups is 1. The molecule has 4 rings (SSSR count). The van der Waals surface area contributed by atoms with E-state index in [0.717, 1.165) is 16.3 Å². The molecular weight excluding hydrogens is 465 g/mol. The van der Waals surface area contributed by atoms with Crippen molar-refractivity contribution in [3.05, 3.63) is 71.3 Å². The van der Waals surface area contributed by atoms with E-state index in [0.29, 0.717) is 5.69 Å². The van der Waals surface area contributed by atoms with Gasteiger partial charge in [0.15, 0.2) is 11.5 Å². The lowest BCUT2D eigenvalue weighted by Gasteiger charge is -2.14. The van der Waals surface area contributed by atoms with Crippen LogP contribution in [0, 0.1) is 13.8 Å². The molecule has 0 aliphatic rings. The minimum absolute atomic E-state index is 0.00598. The SMILES string of the molecule is COc1ncc(-c2cnc(Nc3cccc(C)c3)nc2-n2nc(C(F)(F)F)cc2C)cc1C(=O)O. The van der Waals surface area contributed by atoms with Gasteiger partial charge in [-0.15, -0.1) is 0 Å². The van der Waals surface area contributed by atoms with Crippen molar-refractivity contribution in [2.75, 3.05) is 12.4 Å². The van der Waals surface area contributed by atoms with Crippen LogP contribution in [0.3, 0.4) is 0 Å². The van der Waals surface area contributed by atoms with Crippen LogP contribution in [-0.2, 0) is 6.18 Å². The van der Waals surface area contributed by atoms with E-state index in [4.69, 9.17) is 4.74 Å². The molecule has 0 unspecified atom stereocenters. The second-order valence-corrected chi connectivity index (χ2v) is 7.59. The highest BCUT2D eigenvalue weighted by Crippen LogP contribution is 2.33. The van der Waals surface area contributed by atoms with Crippen LogP contribution >= 0.6 is 0 Å². The highest BCUT2D eigenvalue weighted by atomic mass is 19.4.